The molecule has 0 saturated carbocycles. The summed E-state index contributed by atoms with van der Waals surface area (Å²) in [6, 6.07) is 24.6. The molecule has 0 aliphatic carbocycles. The molecule has 0 saturated heterocycles. The first-order chi connectivity index (χ1) is 10.8. The molecule has 3 heteroatoms. The molecule has 0 bridgehead atoms. The van der Waals surface area contributed by atoms with Gasteiger partial charge in [0, 0.05) is 15.2 Å². The second-order valence-corrected chi connectivity index (χ2v) is 6.00. The average Bonchev–Trinajstić information content (AvgIpc) is 2.89. The molecule has 0 amide bonds. The standard InChI is InChI=1S/C19H11BrN2/c20-16-11-13(12-21)9-10-19(16)22-17-7-3-1-5-14(17)15-6-2-4-8-18(15)22/h1-11H. The van der Waals surface area contributed by atoms with Crippen molar-refractivity contribution in [3.8, 4) is 11.8 Å². The van der Waals surface area contributed by atoms with E-state index >= 15 is 0 Å². The van der Waals surface area contributed by atoms with E-state index in [-0.39, 0.29) is 0 Å². The predicted molar refractivity (Wildman–Crippen MR) is 93.2 cm³/mol. The molecule has 0 unspecified atom stereocenters. The summed E-state index contributed by atoms with van der Waals surface area (Å²) >= 11 is 3.61. The lowest BCUT2D eigenvalue weighted by Crippen LogP contribution is -1.95. The molecule has 104 valence electrons. The molecule has 2 nitrogen and oxygen atoms in total. The maximum Gasteiger partial charge on any atom is 0.0992 e. The van der Waals surface area contributed by atoms with E-state index in [1.165, 1.54) is 10.8 Å². The Morgan fingerprint density at radius 2 is 1.41 bits per heavy atom. The molecule has 3 aromatic carbocycles. The Morgan fingerprint density at radius 1 is 0.818 bits per heavy atom. The number of rotatable bonds is 1. The van der Waals surface area contributed by atoms with Gasteiger partial charge in [0.25, 0.3) is 0 Å². The fraction of sp³-hybridized carbons (Fsp3) is 0. The van der Waals surface area contributed by atoms with E-state index < -0.39 is 0 Å². The molecule has 0 aliphatic rings. The number of aromatic nitrogens is 1. The summed E-state index contributed by atoms with van der Waals surface area (Å²) in [7, 11) is 0. The largest absolute Gasteiger partial charge is 0.308 e. The Hall–Kier alpha value is -2.57. The minimum Gasteiger partial charge on any atom is -0.308 e. The van der Waals surface area contributed by atoms with Crippen molar-refractivity contribution in [2.24, 2.45) is 0 Å². The van der Waals surface area contributed by atoms with E-state index in [1.54, 1.807) is 0 Å². The normalized spacial score (nSPS) is 10.9. The lowest BCUT2D eigenvalue weighted by Gasteiger charge is -2.10. The summed E-state index contributed by atoms with van der Waals surface area (Å²) in [4.78, 5) is 0. The van der Waals surface area contributed by atoms with Gasteiger partial charge in [-0.3, -0.25) is 0 Å². The minimum absolute atomic E-state index is 0.649. The van der Waals surface area contributed by atoms with Crippen LogP contribution in [0.2, 0.25) is 0 Å². The van der Waals surface area contributed by atoms with Crippen molar-refractivity contribution in [1.82, 2.24) is 4.57 Å². The van der Waals surface area contributed by atoms with E-state index in [0.29, 0.717) is 5.56 Å². The van der Waals surface area contributed by atoms with Crippen LogP contribution in [-0.4, -0.2) is 4.57 Å². The van der Waals surface area contributed by atoms with E-state index in [2.05, 4.69) is 75.1 Å². The molecule has 0 fully saturated rings. The van der Waals surface area contributed by atoms with Crippen molar-refractivity contribution in [2.75, 3.05) is 0 Å². The van der Waals surface area contributed by atoms with Crippen molar-refractivity contribution in [3.63, 3.8) is 0 Å². The molecule has 0 atom stereocenters. The van der Waals surface area contributed by atoms with Gasteiger partial charge in [0.1, 0.15) is 0 Å². The second kappa shape index (κ2) is 5.01. The van der Waals surface area contributed by atoms with Gasteiger partial charge in [-0.2, -0.15) is 5.26 Å². The monoisotopic (exact) mass is 346 g/mol. The highest BCUT2D eigenvalue weighted by atomic mass is 79.9. The highest BCUT2D eigenvalue weighted by Crippen LogP contribution is 2.34. The van der Waals surface area contributed by atoms with Crippen LogP contribution in [0.5, 0.6) is 0 Å². The number of nitriles is 1. The Kier molecular flexibility index (Phi) is 2.99. The predicted octanol–water partition coefficient (Wildman–Crippen LogP) is 5.42. The third-order valence-electron chi connectivity index (χ3n) is 3.90. The van der Waals surface area contributed by atoms with Crippen molar-refractivity contribution >= 4 is 37.7 Å². The zero-order valence-electron chi connectivity index (χ0n) is 11.6. The Balaban J connectivity index is 2.16. The van der Waals surface area contributed by atoms with Crippen LogP contribution in [0.25, 0.3) is 27.5 Å². The van der Waals surface area contributed by atoms with E-state index in [9.17, 15) is 0 Å². The van der Waals surface area contributed by atoms with Crippen LogP contribution in [-0.2, 0) is 0 Å². The minimum atomic E-state index is 0.649. The molecule has 0 N–H and O–H groups in total. The summed E-state index contributed by atoms with van der Waals surface area (Å²) in [6.07, 6.45) is 0. The van der Waals surface area contributed by atoms with Crippen molar-refractivity contribution in [1.29, 1.82) is 5.26 Å². The van der Waals surface area contributed by atoms with Gasteiger partial charge < -0.3 is 4.57 Å². The third-order valence-corrected chi connectivity index (χ3v) is 4.53. The average molecular weight is 347 g/mol. The number of fused-ring (bicyclic) bond motifs is 3. The quantitative estimate of drug-likeness (QED) is 0.452. The van der Waals surface area contributed by atoms with Gasteiger partial charge in [0.15, 0.2) is 0 Å². The van der Waals surface area contributed by atoms with Crippen LogP contribution in [0.1, 0.15) is 5.56 Å². The van der Waals surface area contributed by atoms with Crippen molar-refractivity contribution < 1.29 is 0 Å². The Labute approximate surface area is 136 Å². The molecular formula is C19H11BrN2. The molecule has 4 aromatic rings. The first-order valence-corrected chi connectivity index (χ1v) is 7.77. The van der Waals surface area contributed by atoms with Crippen molar-refractivity contribution in [3.05, 3.63) is 76.8 Å². The fourth-order valence-corrected chi connectivity index (χ4v) is 3.50. The topological polar surface area (TPSA) is 28.7 Å². The number of hydrogen-bond donors (Lipinski definition) is 0. The summed E-state index contributed by atoms with van der Waals surface area (Å²) in [5.41, 5.74) is 4.01. The maximum absolute atomic E-state index is 9.05. The maximum atomic E-state index is 9.05. The van der Waals surface area contributed by atoms with Crippen LogP contribution in [0.15, 0.2) is 71.2 Å². The van der Waals surface area contributed by atoms with Gasteiger partial charge >= 0.3 is 0 Å². The van der Waals surface area contributed by atoms with Gasteiger partial charge in [-0.25, -0.2) is 0 Å². The number of hydrogen-bond acceptors (Lipinski definition) is 1. The molecule has 1 heterocycles. The molecule has 1 aromatic heterocycles. The van der Waals surface area contributed by atoms with Gasteiger partial charge in [-0.1, -0.05) is 36.4 Å². The van der Waals surface area contributed by atoms with Crippen LogP contribution >= 0.6 is 15.9 Å². The van der Waals surface area contributed by atoms with Crippen LogP contribution in [0, 0.1) is 11.3 Å². The fourth-order valence-electron chi connectivity index (χ4n) is 2.94. The highest BCUT2D eigenvalue weighted by molar-refractivity contribution is 9.10. The lowest BCUT2D eigenvalue weighted by molar-refractivity contribution is 1.17. The summed E-state index contributed by atoms with van der Waals surface area (Å²) < 4.78 is 3.15. The number of para-hydroxylation sites is 2. The van der Waals surface area contributed by atoms with Crippen LogP contribution < -0.4 is 0 Å². The Morgan fingerprint density at radius 3 is 1.95 bits per heavy atom. The first kappa shape index (κ1) is 13.1. The number of nitrogens with zero attached hydrogens (tertiary/aromatic N) is 2. The molecule has 0 aliphatic heterocycles. The molecule has 0 spiro atoms. The van der Waals surface area contributed by atoms with Crippen LogP contribution in [0.4, 0.5) is 0 Å². The number of halogens is 1. The molecular weight excluding hydrogens is 336 g/mol. The molecule has 0 radical (unpaired) electrons. The van der Waals surface area contributed by atoms with Gasteiger partial charge in [-0.15, -0.1) is 0 Å². The molecule has 4 rings (SSSR count). The summed E-state index contributed by atoms with van der Waals surface area (Å²) in [6.45, 7) is 0. The van der Waals surface area contributed by atoms with Gasteiger partial charge in [0.2, 0.25) is 0 Å². The van der Waals surface area contributed by atoms with Crippen molar-refractivity contribution in [2.45, 2.75) is 0 Å². The van der Waals surface area contributed by atoms with E-state index in [4.69, 9.17) is 5.26 Å². The van der Waals surface area contributed by atoms with E-state index in [1.807, 2.05) is 18.2 Å². The zero-order chi connectivity index (χ0) is 15.1. The van der Waals surface area contributed by atoms with Gasteiger partial charge in [-0.05, 0) is 46.3 Å². The van der Waals surface area contributed by atoms with Crippen LogP contribution in [0.3, 0.4) is 0 Å². The lowest BCUT2D eigenvalue weighted by atomic mass is 10.2. The van der Waals surface area contributed by atoms with E-state index in [0.717, 1.165) is 21.2 Å². The second-order valence-electron chi connectivity index (χ2n) is 5.15. The smallest absolute Gasteiger partial charge is 0.0992 e. The zero-order valence-corrected chi connectivity index (χ0v) is 13.2. The highest BCUT2D eigenvalue weighted by Gasteiger charge is 2.13. The molecule has 22 heavy (non-hydrogen) atoms. The summed E-state index contributed by atoms with van der Waals surface area (Å²) in [5.74, 6) is 0. The number of benzene rings is 3. The van der Waals surface area contributed by atoms with Gasteiger partial charge in [0.05, 0.1) is 28.4 Å². The summed E-state index contributed by atoms with van der Waals surface area (Å²) in [5, 5.41) is 11.5. The third kappa shape index (κ3) is 1.85. The SMILES string of the molecule is N#Cc1ccc(-n2c3ccccc3c3ccccc32)c(Br)c1. The Bertz CT molecular complexity index is 1000. The first-order valence-electron chi connectivity index (χ1n) is 6.98.